The highest BCUT2D eigenvalue weighted by Gasteiger charge is 2.53. The van der Waals surface area contributed by atoms with E-state index < -0.39 is 23.4 Å². The van der Waals surface area contributed by atoms with Gasteiger partial charge >= 0.3 is 6.09 Å². The molecule has 3 atom stereocenters. The zero-order chi connectivity index (χ0) is 12.7. The first-order chi connectivity index (χ1) is 7.82. The highest BCUT2D eigenvalue weighted by molar-refractivity contribution is 5.69. The Morgan fingerprint density at radius 2 is 2.24 bits per heavy atom. The Kier molecular flexibility index (Phi) is 3.06. The molecule has 1 saturated heterocycles. The van der Waals surface area contributed by atoms with E-state index >= 15 is 0 Å². The maximum Gasteiger partial charge on any atom is 0.408 e. The number of carbonyl (C=O) groups excluding carboxylic acids is 1. The normalized spacial score (nSPS) is 36.7. The van der Waals surface area contributed by atoms with Crippen molar-refractivity contribution in [3.8, 4) is 0 Å². The molecular formula is C12H21FN2O2. The summed E-state index contributed by atoms with van der Waals surface area (Å²) in [5.41, 5.74) is -0.961. The van der Waals surface area contributed by atoms with E-state index in [2.05, 4.69) is 10.6 Å². The second-order valence-corrected chi connectivity index (χ2v) is 6.08. The molecule has 17 heavy (non-hydrogen) atoms. The van der Waals surface area contributed by atoms with Crippen LogP contribution in [-0.2, 0) is 4.74 Å². The minimum absolute atomic E-state index is 0.116. The molecule has 1 aliphatic carbocycles. The summed E-state index contributed by atoms with van der Waals surface area (Å²) in [6, 6.07) is 0. The summed E-state index contributed by atoms with van der Waals surface area (Å²) in [4.78, 5) is 11.8. The molecule has 2 fully saturated rings. The van der Waals surface area contributed by atoms with Crippen molar-refractivity contribution in [1.82, 2.24) is 10.6 Å². The Hall–Kier alpha value is -0.840. The molecule has 2 rings (SSSR count). The highest BCUT2D eigenvalue weighted by Crippen LogP contribution is 2.40. The van der Waals surface area contributed by atoms with Crippen LogP contribution in [0.4, 0.5) is 9.18 Å². The minimum atomic E-state index is -0.820. The smallest absolute Gasteiger partial charge is 0.408 e. The lowest BCUT2D eigenvalue weighted by molar-refractivity contribution is 0.0441. The number of hydrogen-bond donors (Lipinski definition) is 2. The predicted molar refractivity (Wildman–Crippen MR) is 62.6 cm³/mol. The summed E-state index contributed by atoms with van der Waals surface area (Å²) in [5.74, 6) is -0.116. The van der Waals surface area contributed by atoms with E-state index in [-0.39, 0.29) is 5.92 Å². The lowest BCUT2D eigenvalue weighted by atomic mass is 9.90. The van der Waals surface area contributed by atoms with Crippen molar-refractivity contribution in [3.63, 3.8) is 0 Å². The first-order valence-corrected chi connectivity index (χ1v) is 6.18. The van der Waals surface area contributed by atoms with Crippen molar-refractivity contribution in [1.29, 1.82) is 0 Å². The van der Waals surface area contributed by atoms with E-state index in [4.69, 9.17) is 4.74 Å². The van der Waals surface area contributed by atoms with E-state index in [1.165, 1.54) is 0 Å². The van der Waals surface area contributed by atoms with E-state index in [0.717, 1.165) is 0 Å². The van der Waals surface area contributed by atoms with Gasteiger partial charge in [-0.2, -0.15) is 0 Å². The van der Waals surface area contributed by atoms with Gasteiger partial charge in [-0.05, 0) is 33.6 Å². The van der Waals surface area contributed by atoms with Gasteiger partial charge in [0.15, 0.2) is 0 Å². The van der Waals surface area contributed by atoms with Crippen LogP contribution in [0.1, 0.15) is 33.6 Å². The Morgan fingerprint density at radius 3 is 2.88 bits per heavy atom. The van der Waals surface area contributed by atoms with Gasteiger partial charge in [0, 0.05) is 19.0 Å². The Morgan fingerprint density at radius 1 is 1.53 bits per heavy atom. The van der Waals surface area contributed by atoms with Gasteiger partial charge in [0.2, 0.25) is 0 Å². The second kappa shape index (κ2) is 4.12. The SMILES string of the molecule is CC(C)(C)OC(=O)N[C@@]12CC[C@@H](F)[C@@H]1CNC2. The molecule has 0 aromatic carbocycles. The van der Waals surface area contributed by atoms with Crippen molar-refractivity contribution in [2.45, 2.75) is 50.9 Å². The number of halogens is 1. The van der Waals surface area contributed by atoms with Gasteiger partial charge in [0.1, 0.15) is 11.8 Å². The number of carbonyl (C=O) groups is 1. The molecule has 0 aromatic rings. The number of fused-ring (bicyclic) bond motifs is 1. The van der Waals surface area contributed by atoms with Crippen LogP contribution < -0.4 is 10.6 Å². The molecule has 2 aliphatic rings. The standard InChI is InChI=1S/C12H21FN2O2/c1-11(2,3)17-10(16)15-12-5-4-9(13)8(12)6-14-7-12/h8-9,14H,4-7H2,1-3H3,(H,15,16)/t8-,9+,12+/m0/s1. The van der Waals surface area contributed by atoms with Crippen molar-refractivity contribution >= 4 is 6.09 Å². The van der Waals surface area contributed by atoms with Gasteiger partial charge in [-0.25, -0.2) is 9.18 Å². The molecule has 0 radical (unpaired) electrons. The summed E-state index contributed by atoms with van der Waals surface area (Å²) < 4.78 is 18.9. The van der Waals surface area contributed by atoms with Gasteiger partial charge in [-0.1, -0.05) is 0 Å². The number of ether oxygens (including phenoxy) is 1. The van der Waals surface area contributed by atoms with Gasteiger partial charge in [-0.3, -0.25) is 0 Å². The Balaban J connectivity index is 2.00. The van der Waals surface area contributed by atoms with Crippen molar-refractivity contribution in [2.75, 3.05) is 13.1 Å². The lowest BCUT2D eigenvalue weighted by Gasteiger charge is -2.31. The quantitative estimate of drug-likeness (QED) is 0.736. The zero-order valence-electron chi connectivity index (χ0n) is 10.7. The van der Waals surface area contributed by atoms with Crippen LogP contribution in [0.2, 0.25) is 0 Å². The topological polar surface area (TPSA) is 50.4 Å². The van der Waals surface area contributed by atoms with E-state index in [9.17, 15) is 9.18 Å². The number of hydrogen-bond acceptors (Lipinski definition) is 3. The molecule has 0 spiro atoms. The molecular weight excluding hydrogens is 223 g/mol. The first-order valence-electron chi connectivity index (χ1n) is 6.18. The first kappa shape index (κ1) is 12.6. The zero-order valence-corrected chi connectivity index (χ0v) is 10.7. The van der Waals surface area contributed by atoms with Crippen molar-refractivity contribution < 1.29 is 13.9 Å². The van der Waals surface area contributed by atoms with Crippen LogP contribution in [-0.4, -0.2) is 36.5 Å². The number of alkyl halides is 1. The summed E-state index contributed by atoms with van der Waals surface area (Å²) in [5, 5.41) is 6.03. The molecule has 98 valence electrons. The summed E-state index contributed by atoms with van der Waals surface area (Å²) >= 11 is 0. The summed E-state index contributed by atoms with van der Waals surface area (Å²) in [7, 11) is 0. The number of amides is 1. The van der Waals surface area contributed by atoms with Gasteiger partial charge in [0.05, 0.1) is 5.54 Å². The minimum Gasteiger partial charge on any atom is -0.444 e. The molecule has 4 nitrogen and oxygen atoms in total. The van der Waals surface area contributed by atoms with Crippen LogP contribution >= 0.6 is 0 Å². The lowest BCUT2D eigenvalue weighted by Crippen LogP contribution is -2.53. The molecule has 0 unspecified atom stereocenters. The molecule has 0 aromatic heterocycles. The number of alkyl carbamates (subject to hydrolysis) is 1. The van der Waals surface area contributed by atoms with Crippen LogP contribution in [0.5, 0.6) is 0 Å². The Bertz CT molecular complexity index is 316. The van der Waals surface area contributed by atoms with E-state index in [0.29, 0.717) is 25.9 Å². The van der Waals surface area contributed by atoms with Gasteiger partial charge in [0.25, 0.3) is 0 Å². The van der Waals surface area contributed by atoms with E-state index in [1.807, 2.05) is 20.8 Å². The molecule has 1 saturated carbocycles. The van der Waals surface area contributed by atoms with Crippen LogP contribution in [0.15, 0.2) is 0 Å². The fraction of sp³-hybridized carbons (Fsp3) is 0.917. The average Bonchev–Trinajstić information content (AvgIpc) is 2.65. The molecule has 1 heterocycles. The predicted octanol–water partition coefficient (Wildman–Crippen LogP) is 1.60. The van der Waals surface area contributed by atoms with Crippen LogP contribution in [0, 0.1) is 5.92 Å². The largest absolute Gasteiger partial charge is 0.444 e. The van der Waals surface area contributed by atoms with Gasteiger partial charge < -0.3 is 15.4 Å². The third kappa shape index (κ3) is 2.54. The molecule has 1 amide bonds. The fourth-order valence-electron chi connectivity index (χ4n) is 2.83. The maximum absolute atomic E-state index is 13.7. The van der Waals surface area contributed by atoms with Crippen LogP contribution in [0.25, 0.3) is 0 Å². The molecule has 5 heteroatoms. The molecule has 1 aliphatic heterocycles. The highest BCUT2D eigenvalue weighted by atomic mass is 19.1. The number of nitrogens with one attached hydrogen (secondary N) is 2. The monoisotopic (exact) mass is 244 g/mol. The Labute approximate surface area is 101 Å². The number of rotatable bonds is 1. The average molecular weight is 244 g/mol. The summed E-state index contributed by atoms with van der Waals surface area (Å²) in [6.07, 6.45) is -0.0482. The third-order valence-corrected chi connectivity index (χ3v) is 3.57. The van der Waals surface area contributed by atoms with E-state index in [1.54, 1.807) is 0 Å². The third-order valence-electron chi connectivity index (χ3n) is 3.57. The molecule has 0 bridgehead atoms. The van der Waals surface area contributed by atoms with Crippen molar-refractivity contribution in [3.05, 3.63) is 0 Å². The second-order valence-electron chi connectivity index (χ2n) is 6.08. The van der Waals surface area contributed by atoms with Gasteiger partial charge in [-0.15, -0.1) is 0 Å². The fourth-order valence-corrected chi connectivity index (χ4v) is 2.83. The van der Waals surface area contributed by atoms with Crippen molar-refractivity contribution in [2.24, 2.45) is 5.92 Å². The summed E-state index contributed by atoms with van der Waals surface area (Å²) in [6.45, 7) is 6.73. The van der Waals surface area contributed by atoms with Crippen LogP contribution in [0.3, 0.4) is 0 Å². The maximum atomic E-state index is 13.7. The molecule has 2 N–H and O–H groups in total.